The Morgan fingerprint density at radius 3 is 2.41 bits per heavy atom. The Bertz CT molecular complexity index is 865. The first kappa shape index (κ1) is 21.3. The van der Waals surface area contributed by atoms with Crippen LogP contribution in [0.3, 0.4) is 0 Å². The SMILES string of the molecule is CCS(=O)(=O)N(C)c1ccc(C(=O)NCCSCc2ccccc2C)cc1. The van der Waals surface area contributed by atoms with Gasteiger partial charge in [-0.15, -0.1) is 0 Å². The minimum atomic E-state index is -3.30. The molecule has 27 heavy (non-hydrogen) atoms. The van der Waals surface area contributed by atoms with E-state index in [0.717, 1.165) is 11.5 Å². The summed E-state index contributed by atoms with van der Waals surface area (Å²) in [6, 6.07) is 14.9. The van der Waals surface area contributed by atoms with Gasteiger partial charge < -0.3 is 5.32 Å². The molecule has 0 spiro atoms. The molecule has 0 unspecified atom stereocenters. The van der Waals surface area contributed by atoms with E-state index in [9.17, 15) is 13.2 Å². The van der Waals surface area contributed by atoms with E-state index in [1.54, 1.807) is 43.0 Å². The highest BCUT2D eigenvalue weighted by atomic mass is 32.2. The van der Waals surface area contributed by atoms with E-state index in [1.165, 1.54) is 22.5 Å². The van der Waals surface area contributed by atoms with Crippen molar-refractivity contribution in [3.63, 3.8) is 0 Å². The summed E-state index contributed by atoms with van der Waals surface area (Å²) in [5.74, 6) is 1.64. The van der Waals surface area contributed by atoms with Gasteiger partial charge in [0.25, 0.3) is 5.91 Å². The summed E-state index contributed by atoms with van der Waals surface area (Å²) >= 11 is 1.78. The number of nitrogens with zero attached hydrogens (tertiary/aromatic N) is 1. The molecule has 0 bridgehead atoms. The van der Waals surface area contributed by atoms with Gasteiger partial charge >= 0.3 is 0 Å². The summed E-state index contributed by atoms with van der Waals surface area (Å²) in [6.07, 6.45) is 0. The number of anilines is 1. The molecule has 0 saturated heterocycles. The minimum absolute atomic E-state index is 0.0336. The number of carbonyl (C=O) groups excluding carboxylic acids is 1. The maximum atomic E-state index is 12.2. The van der Waals surface area contributed by atoms with Crippen LogP contribution in [0, 0.1) is 6.92 Å². The molecule has 7 heteroatoms. The fourth-order valence-electron chi connectivity index (χ4n) is 2.47. The Morgan fingerprint density at radius 1 is 1.11 bits per heavy atom. The minimum Gasteiger partial charge on any atom is -0.351 e. The number of aryl methyl sites for hydroxylation is 1. The highest BCUT2D eigenvalue weighted by Gasteiger charge is 2.16. The number of hydrogen-bond donors (Lipinski definition) is 1. The van der Waals surface area contributed by atoms with E-state index < -0.39 is 10.0 Å². The summed E-state index contributed by atoms with van der Waals surface area (Å²) < 4.78 is 25.0. The van der Waals surface area contributed by atoms with Gasteiger partial charge in [-0.05, 0) is 49.2 Å². The molecule has 2 aromatic rings. The van der Waals surface area contributed by atoms with Gasteiger partial charge in [-0.2, -0.15) is 11.8 Å². The number of amides is 1. The van der Waals surface area contributed by atoms with Gasteiger partial charge in [0.1, 0.15) is 0 Å². The van der Waals surface area contributed by atoms with Crippen LogP contribution in [0.1, 0.15) is 28.4 Å². The number of hydrogen-bond acceptors (Lipinski definition) is 4. The van der Waals surface area contributed by atoms with Crippen LogP contribution in [0.25, 0.3) is 0 Å². The fourth-order valence-corrected chi connectivity index (χ4v) is 4.23. The molecule has 0 heterocycles. The van der Waals surface area contributed by atoms with Crippen molar-refractivity contribution in [3.8, 4) is 0 Å². The maximum Gasteiger partial charge on any atom is 0.251 e. The fraction of sp³-hybridized carbons (Fsp3) is 0.350. The lowest BCUT2D eigenvalue weighted by atomic mass is 10.1. The predicted octanol–water partition coefficient (Wildman–Crippen LogP) is 3.44. The molecule has 1 N–H and O–H groups in total. The van der Waals surface area contributed by atoms with Crippen LogP contribution in [0.15, 0.2) is 48.5 Å². The van der Waals surface area contributed by atoms with Crippen LogP contribution in [0.4, 0.5) is 5.69 Å². The normalized spacial score (nSPS) is 11.2. The zero-order chi connectivity index (χ0) is 19.9. The van der Waals surface area contributed by atoms with E-state index in [1.807, 2.05) is 12.1 Å². The van der Waals surface area contributed by atoms with Crippen LogP contribution in [-0.4, -0.2) is 39.4 Å². The Kier molecular flexibility index (Phi) is 7.74. The molecule has 0 fully saturated rings. The highest BCUT2D eigenvalue weighted by molar-refractivity contribution is 7.98. The molecule has 0 aliphatic heterocycles. The molecule has 0 atom stereocenters. The molecule has 0 saturated carbocycles. The second-order valence-corrected chi connectivity index (χ2v) is 9.54. The highest BCUT2D eigenvalue weighted by Crippen LogP contribution is 2.18. The van der Waals surface area contributed by atoms with Gasteiger partial charge in [-0.3, -0.25) is 9.10 Å². The largest absolute Gasteiger partial charge is 0.351 e. The molecule has 146 valence electrons. The van der Waals surface area contributed by atoms with Crippen molar-refractivity contribution >= 4 is 33.4 Å². The summed E-state index contributed by atoms with van der Waals surface area (Å²) in [4.78, 5) is 12.2. The van der Waals surface area contributed by atoms with Crippen LogP contribution < -0.4 is 9.62 Å². The molecule has 1 amide bonds. The zero-order valence-corrected chi connectivity index (χ0v) is 17.6. The lowest BCUT2D eigenvalue weighted by molar-refractivity contribution is 0.0956. The van der Waals surface area contributed by atoms with Gasteiger partial charge in [-0.25, -0.2) is 8.42 Å². The van der Waals surface area contributed by atoms with E-state index in [0.29, 0.717) is 17.8 Å². The number of nitrogens with one attached hydrogen (secondary N) is 1. The molecule has 2 rings (SSSR count). The lowest BCUT2D eigenvalue weighted by Gasteiger charge is -2.18. The molecule has 0 radical (unpaired) electrons. The zero-order valence-electron chi connectivity index (χ0n) is 15.9. The van der Waals surface area contributed by atoms with Gasteiger partial charge in [0.05, 0.1) is 11.4 Å². The average Bonchev–Trinajstić information content (AvgIpc) is 2.68. The third-order valence-corrected chi connectivity index (χ3v) is 7.11. The standard InChI is InChI=1S/C20H26N2O3S2/c1-4-27(24,25)22(3)19-11-9-17(10-12-19)20(23)21-13-14-26-15-18-8-6-5-7-16(18)2/h5-12H,4,13-15H2,1-3H3,(H,21,23). The third-order valence-electron chi connectivity index (χ3n) is 4.33. The average molecular weight is 407 g/mol. The van der Waals surface area contributed by atoms with Crippen molar-refractivity contribution in [3.05, 3.63) is 65.2 Å². The van der Waals surface area contributed by atoms with Gasteiger partial charge in [0.15, 0.2) is 0 Å². The van der Waals surface area contributed by atoms with Crippen LogP contribution >= 0.6 is 11.8 Å². The monoisotopic (exact) mass is 406 g/mol. The van der Waals surface area contributed by atoms with Crippen molar-refractivity contribution < 1.29 is 13.2 Å². The van der Waals surface area contributed by atoms with Crippen molar-refractivity contribution in [2.24, 2.45) is 0 Å². The molecule has 2 aromatic carbocycles. The number of sulfonamides is 1. The van der Waals surface area contributed by atoms with Crippen molar-refractivity contribution in [2.45, 2.75) is 19.6 Å². The second kappa shape index (κ2) is 9.80. The Labute approximate surface area is 166 Å². The maximum absolute atomic E-state index is 12.2. The molecular formula is C20H26N2O3S2. The van der Waals surface area contributed by atoms with Crippen molar-refractivity contribution in [1.82, 2.24) is 5.32 Å². The Morgan fingerprint density at radius 2 is 1.78 bits per heavy atom. The Balaban J connectivity index is 1.80. The molecule has 0 aliphatic carbocycles. The van der Waals surface area contributed by atoms with E-state index in [4.69, 9.17) is 0 Å². The number of rotatable bonds is 9. The van der Waals surface area contributed by atoms with Gasteiger partial charge in [0, 0.05) is 30.7 Å². The second-order valence-electron chi connectivity index (χ2n) is 6.15. The first-order valence-corrected chi connectivity index (χ1v) is 11.6. The third kappa shape index (κ3) is 6.01. The number of thioether (sulfide) groups is 1. The summed E-state index contributed by atoms with van der Waals surface area (Å²) in [5, 5.41) is 2.90. The Hall–Kier alpha value is -1.99. The van der Waals surface area contributed by atoms with Crippen LogP contribution in [0.5, 0.6) is 0 Å². The van der Waals surface area contributed by atoms with Crippen molar-refractivity contribution in [1.29, 1.82) is 0 Å². The van der Waals surface area contributed by atoms with Gasteiger partial charge in [-0.1, -0.05) is 24.3 Å². The summed E-state index contributed by atoms with van der Waals surface area (Å²) in [5.41, 5.74) is 3.66. The molecule has 0 aromatic heterocycles. The van der Waals surface area contributed by atoms with Gasteiger partial charge in [0.2, 0.25) is 10.0 Å². The smallest absolute Gasteiger partial charge is 0.251 e. The summed E-state index contributed by atoms with van der Waals surface area (Å²) in [6.45, 7) is 4.29. The molecular weight excluding hydrogens is 380 g/mol. The van der Waals surface area contributed by atoms with Crippen LogP contribution in [-0.2, 0) is 15.8 Å². The van der Waals surface area contributed by atoms with E-state index in [-0.39, 0.29) is 11.7 Å². The van der Waals surface area contributed by atoms with E-state index >= 15 is 0 Å². The first-order chi connectivity index (χ1) is 12.8. The van der Waals surface area contributed by atoms with Crippen molar-refractivity contribution in [2.75, 3.05) is 29.4 Å². The predicted molar refractivity (Wildman–Crippen MR) is 114 cm³/mol. The summed E-state index contributed by atoms with van der Waals surface area (Å²) in [7, 11) is -1.79. The molecule has 0 aliphatic rings. The number of benzene rings is 2. The lowest BCUT2D eigenvalue weighted by Crippen LogP contribution is -2.28. The number of carbonyl (C=O) groups is 1. The van der Waals surface area contributed by atoms with E-state index in [2.05, 4.69) is 24.4 Å². The van der Waals surface area contributed by atoms with Crippen LogP contribution in [0.2, 0.25) is 0 Å². The first-order valence-electron chi connectivity index (χ1n) is 8.82. The molecule has 5 nitrogen and oxygen atoms in total. The quantitative estimate of drug-likeness (QED) is 0.648. The topological polar surface area (TPSA) is 66.5 Å².